The normalized spacial score (nSPS) is 13.9. The quantitative estimate of drug-likeness (QED) is 0.733. The molecule has 14 heavy (non-hydrogen) atoms. The predicted molar refractivity (Wildman–Crippen MR) is 60.2 cm³/mol. The molecule has 0 bridgehead atoms. The van der Waals surface area contributed by atoms with Crippen LogP contribution in [0.2, 0.25) is 0 Å². The van der Waals surface area contributed by atoms with Crippen LogP contribution in [0.15, 0.2) is 29.2 Å². The summed E-state index contributed by atoms with van der Waals surface area (Å²) in [5, 5.41) is 0. The van der Waals surface area contributed by atoms with Gasteiger partial charge in [0.2, 0.25) is 0 Å². The fraction of sp³-hybridized carbons (Fsp3) is 0.400. The van der Waals surface area contributed by atoms with Crippen molar-refractivity contribution in [3.8, 4) is 0 Å². The molecular weight excluding hydrogens is 196 g/mol. The number of hydrogen-bond acceptors (Lipinski definition) is 2. The Morgan fingerprint density at radius 2 is 2.00 bits per heavy atom. The molecule has 0 saturated carbocycles. The van der Waals surface area contributed by atoms with Gasteiger partial charge in [0, 0.05) is 11.2 Å². The zero-order chi connectivity index (χ0) is 10.8. The van der Waals surface area contributed by atoms with Gasteiger partial charge in [-0.15, -0.1) is 0 Å². The Morgan fingerprint density at radius 1 is 1.36 bits per heavy atom. The molecule has 3 nitrogen and oxygen atoms in total. The van der Waals surface area contributed by atoms with Crippen molar-refractivity contribution in [2.75, 3.05) is 5.73 Å². The van der Waals surface area contributed by atoms with Crippen molar-refractivity contribution >= 4 is 16.7 Å². The lowest BCUT2D eigenvalue weighted by Gasteiger charge is -2.19. The summed E-state index contributed by atoms with van der Waals surface area (Å²) in [6, 6.07) is 7.09. The number of nitrogens with two attached hydrogens (primary N) is 1. The van der Waals surface area contributed by atoms with E-state index in [1.54, 1.807) is 24.3 Å². The van der Waals surface area contributed by atoms with E-state index in [1.807, 2.05) is 20.8 Å². The van der Waals surface area contributed by atoms with E-state index in [-0.39, 0.29) is 5.54 Å². The molecule has 0 aromatic heterocycles. The zero-order valence-corrected chi connectivity index (χ0v) is 9.52. The Balaban J connectivity index is 2.80. The summed E-state index contributed by atoms with van der Waals surface area (Å²) < 4.78 is 14.7. The summed E-state index contributed by atoms with van der Waals surface area (Å²) in [6.07, 6.45) is 0. The van der Waals surface area contributed by atoms with Crippen molar-refractivity contribution < 1.29 is 4.21 Å². The van der Waals surface area contributed by atoms with E-state index in [1.165, 1.54) is 0 Å². The predicted octanol–water partition coefficient (Wildman–Crippen LogP) is 1.68. The van der Waals surface area contributed by atoms with Crippen LogP contribution in [-0.2, 0) is 11.0 Å². The third kappa shape index (κ3) is 3.47. The van der Waals surface area contributed by atoms with Crippen molar-refractivity contribution in [1.82, 2.24) is 4.72 Å². The molecular formula is C10H16N2OS. The first kappa shape index (κ1) is 11.2. The van der Waals surface area contributed by atoms with Crippen LogP contribution in [0.4, 0.5) is 5.69 Å². The van der Waals surface area contributed by atoms with Crippen LogP contribution in [-0.4, -0.2) is 9.75 Å². The van der Waals surface area contributed by atoms with Crippen LogP contribution >= 0.6 is 0 Å². The minimum Gasteiger partial charge on any atom is -0.399 e. The fourth-order valence-corrected chi connectivity index (χ4v) is 2.09. The number of nitrogen functional groups attached to an aromatic ring is 1. The van der Waals surface area contributed by atoms with E-state index in [4.69, 9.17) is 5.73 Å². The van der Waals surface area contributed by atoms with Gasteiger partial charge in [0.25, 0.3) is 0 Å². The smallest absolute Gasteiger partial charge is 0.125 e. The van der Waals surface area contributed by atoms with Crippen LogP contribution in [0.5, 0.6) is 0 Å². The molecule has 4 heteroatoms. The molecule has 0 amide bonds. The van der Waals surface area contributed by atoms with Crippen LogP contribution in [0.3, 0.4) is 0 Å². The summed E-state index contributed by atoms with van der Waals surface area (Å²) in [4.78, 5) is 0.708. The van der Waals surface area contributed by atoms with E-state index >= 15 is 0 Å². The molecule has 1 rings (SSSR count). The Hall–Kier alpha value is -0.870. The molecule has 0 aliphatic carbocycles. The second-order valence-corrected chi connectivity index (χ2v) is 5.41. The SMILES string of the molecule is CC(C)(C)NS(=O)c1cccc(N)c1. The average Bonchev–Trinajstić information content (AvgIpc) is 2.01. The zero-order valence-electron chi connectivity index (χ0n) is 8.70. The van der Waals surface area contributed by atoms with E-state index in [2.05, 4.69) is 4.72 Å². The highest BCUT2D eigenvalue weighted by Gasteiger charge is 2.14. The molecule has 1 unspecified atom stereocenters. The Bertz CT molecular complexity index is 344. The molecule has 0 spiro atoms. The maximum absolute atomic E-state index is 11.8. The Morgan fingerprint density at radius 3 is 2.50 bits per heavy atom. The minimum absolute atomic E-state index is 0.171. The maximum atomic E-state index is 11.8. The summed E-state index contributed by atoms with van der Waals surface area (Å²) in [7, 11) is -1.19. The van der Waals surface area contributed by atoms with Gasteiger partial charge in [0.1, 0.15) is 11.0 Å². The second kappa shape index (κ2) is 4.11. The maximum Gasteiger partial charge on any atom is 0.125 e. The molecule has 0 heterocycles. The molecule has 0 saturated heterocycles. The number of anilines is 1. The highest BCUT2D eigenvalue weighted by molar-refractivity contribution is 7.83. The summed E-state index contributed by atoms with van der Waals surface area (Å²) in [5.41, 5.74) is 6.06. The fourth-order valence-electron chi connectivity index (χ4n) is 0.967. The van der Waals surface area contributed by atoms with Gasteiger partial charge in [-0.1, -0.05) is 6.07 Å². The van der Waals surface area contributed by atoms with E-state index in [9.17, 15) is 4.21 Å². The number of nitrogens with one attached hydrogen (secondary N) is 1. The van der Waals surface area contributed by atoms with Crippen LogP contribution in [0, 0.1) is 0 Å². The van der Waals surface area contributed by atoms with Crippen LogP contribution in [0.1, 0.15) is 20.8 Å². The average molecular weight is 212 g/mol. The topological polar surface area (TPSA) is 55.1 Å². The molecule has 0 aliphatic rings. The summed E-state index contributed by atoms with van der Waals surface area (Å²) in [6.45, 7) is 5.91. The molecule has 78 valence electrons. The van der Waals surface area contributed by atoms with Crippen LogP contribution < -0.4 is 10.5 Å². The monoisotopic (exact) mass is 212 g/mol. The third-order valence-electron chi connectivity index (χ3n) is 1.47. The van der Waals surface area contributed by atoms with Gasteiger partial charge in [-0.05, 0) is 39.0 Å². The van der Waals surface area contributed by atoms with Gasteiger partial charge < -0.3 is 5.73 Å². The number of benzene rings is 1. The van der Waals surface area contributed by atoms with Gasteiger partial charge in [0.05, 0.1) is 4.90 Å². The van der Waals surface area contributed by atoms with Gasteiger partial charge >= 0.3 is 0 Å². The standard InChI is InChI=1S/C10H16N2OS/c1-10(2,3)12-14(13)9-6-4-5-8(11)7-9/h4-7,12H,11H2,1-3H3. The highest BCUT2D eigenvalue weighted by Crippen LogP contribution is 2.12. The third-order valence-corrected chi connectivity index (χ3v) is 2.95. The first-order chi connectivity index (χ1) is 6.38. The molecule has 0 aliphatic heterocycles. The minimum atomic E-state index is -1.19. The van der Waals surface area contributed by atoms with Gasteiger partial charge in [-0.2, -0.15) is 0 Å². The van der Waals surface area contributed by atoms with Crippen molar-refractivity contribution in [1.29, 1.82) is 0 Å². The number of rotatable bonds is 2. The first-order valence-corrected chi connectivity index (χ1v) is 5.58. The van der Waals surface area contributed by atoms with Crippen molar-refractivity contribution in [3.63, 3.8) is 0 Å². The second-order valence-electron chi connectivity index (χ2n) is 4.19. The first-order valence-electron chi connectivity index (χ1n) is 4.43. The van der Waals surface area contributed by atoms with E-state index in [0.717, 1.165) is 0 Å². The summed E-state index contributed by atoms with van der Waals surface area (Å²) >= 11 is 0. The lowest BCUT2D eigenvalue weighted by Crippen LogP contribution is -2.37. The lowest BCUT2D eigenvalue weighted by molar-refractivity contribution is 0.519. The molecule has 1 aromatic carbocycles. The highest BCUT2D eigenvalue weighted by atomic mass is 32.2. The summed E-state index contributed by atoms with van der Waals surface area (Å²) in [5.74, 6) is 0. The Kier molecular flexibility index (Phi) is 3.29. The van der Waals surface area contributed by atoms with Gasteiger partial charge in [0.15, 0.2) is 0 Å². The number of hydrogen-bond donors (Lipinski definition) is 2. The molecule has 3 N–H and O–H groups in total. The molecule has 0 radical (unpaired) electrons. The Labute approximate surface area is 87.3 Å². The van der Waals surface area contributed by atoms with Crippen molar-refractivity contribution in [3.05, 3.63) is 24.3 Å². The van der Waals surface area contributed by atoms with E-state index in [0.29, 0.717) is 10.6 Å². The lowest BCUT2D eigenvalue weighted by atomic mass is 10.1. The largest absolute Gasteiger partial charge is 0.399 e. The molecule has 1 aromatic rings. The van der Waals surface area contributed by atoms with Crippen LogP contribution in [0.25, 0.3) is 0 Å². The molecule has 1 atom stereocenters. The van der Waals surface area contributed by atoms with Crippen molar-refractivity contribution in [2.45, 2.75) is 31.2 Å². The molecule has 0 fully saturated rings. The van der Waals surface area contributed by atoms with E-state index < -0.39 is 11.0 Å². The van der Waals surface area contributed by atoms with Gasteiger partial charge in [-0.25, -0.2) is 8.93 Å². The van der Waals surface area contributed by atoms with Crippen molar-refractivity contribution in [2.24, 2.45) is 0 Å². The van der Waals surface area contributed by atoms with Gasteiger partial charge in [-0.3, -0.25) is 0 Å².